The van der Waals surface area contributed by atoms with E-state index in [9.17, 15) is 9.59 Å². The fourth-order valence-corrected chi connectivity index (χ4v) is 4.37. The highest BCUT2D eigenvalue weighted by molar-refractivity contribution is 7.99. The van der Waals surface area contributed by atoms with Crippen LogP contribution in [0.25, 0.3) is 10.8 Å². The van der Waals surface area contributed by atoms with Gasteiger partial charge < -0.3 is 10.2 Å². The number of benzene rings is 1. The summed E-state index contributed by atoms with van der Waals surface area (Å²) in [7, 11) is 0. The van der Waals surface area contributed by atoms with Gasteiger partial charge >= 0.3 is 0 Å². The molecule has 2 amide bonds. The molecular weight excluding hydrogens is 358 g/mol. The van der Waals surface area contributed by atoms with Gasteiger partial charge in [-0.25, -0.2) is 4.98 Å². The number of rotatable bonds is 4. The number of aromatic nitrogens is 1. The van der Waals surface area contributed by atoms with Gasteiger partial charge in [-0.3, -0.25) is 9.59 Å². The van der Waals surface area contributed by atoms with Gasteiger partial charge in [-0.05, 0) is 30.2 Å². The number of nitrogens with zero attached hydrogens (tertiary/aromatic N) is 2. The fraction of sp³-hybridized carbons (Fsp3) is 0.389. The Morgan fingerprint density at radius 1 is 1.32 bits per heavy atom. The van der Waals surface area contributed by atoms with E-state index >= 15 is 0 Å². The van der Waals surface area contributed by atoms with Gasteiger partial charge in [-0.15, -0.1) is 11.8 Å². The second-order valence-corrected chi connectivity index (χ2v) is 7.86. The molecule has 1 N–H and O–H groups in total. The smallest absolute Gasteiger partial charge is 0.273 e. The molecule has 25 heavy (non-hydrogen) atoms. The van der Waals surface area contributed by atoms with Gasteiger partial charge in [0.15, 0.2) is 0 Å². The van der Waals surface area contributed by atoms with Crippen molar-refractivity contribution >= 4 is 45.9 Å². The molecule has 2 aliphatic rings. The van der Waals surface area contributed by atoms with Gasteiger partial charge in [0.05, 0.1) is 5.88 Å². The first-order valence-electron chi connectivity index (χ1n) is 8.35. The molecule has 0 unspecified atom stereocenters. The maximum absolute atomic E-state index is 12.9. The number of carbonyl (C=O) groups is 2. The minimum atomic E-state index is -0.441. The predicted octanol–water partition coefficient (Wildman–Crippen LogP) is 2.93. The maximum atomic E-state index is 12.9. The number of thioether (sulfide) groups is 1. The summed E-state index contributed by atoms with van der Waals surface area (Å²) < 4.78 is 0. The van der Waals surface area contributed by atoms with Gasteiger partial charge in [0.1, 0.15) is 16.9 Å². The first-order valence-corrected chi connectivity index (χ1v) is 9.88. The summed E-state index contributed by atoms with van der Waals surface area (Å²) in [5.41, 5.74) is 0.284. The standard InChI is InChI=1S/C18H18ClN3O2S/c19-16-13-4-2-1-3-12(13)7-14(21-16)18(24)22-10-25-9-15(22)17(23)20-8-11-5-6-11/h1-4,7,11,15H,5-6,8-10H2,(H,20,23)/t15-/m0/s1. The van der Waals surface area contributed by atoms with Crippen LogP contribution in [0.15, 0.2) is 30.3 Å². The molecule has 1 atom stereocenters. The van der Waals surface area contributed by atoms with Gasteiger partial charge in [-0.1, -0.05) is 35.9 Å². The number of pyridine rings is 1. The Hall–Kier alpha value is -1.79. The molecule has 1 aliphatic heterocycles. The molecule has 0 bridgehead atoms. The third-order valence-corrected chi connectivity index (χ3v) is 5.92. The van der Waals surface area contributed by atoms with Crippen LogP contribution in [0.3, 0.4) is 0 Å². The Kier molecular flexibility index (Phi) is 4.56. The lowest BCUT2D eigenvalue weighted by Gasteiger charge is -2.23. The highest BCUT2D eigenvalue weighted by atomic mass is 35.5. The monoisotopic (exact) mass is 375 g/mol. The number of carbonyl (C=O) groups excluding carboxylic acids is 2. The van der Waals surface area contributed by atoms with Gasteiger partial charge in [0.2, 0.25) is 5.91 Å². The Labute approximate surface area is 155 Å². The van der Waals surface area contributed by atoms with Crippen molar-refractivity contribution in [2.45, 2.75) is 18.9 Å². The number of amides is 2. The van der Waals surface area contributed by atoms with E-state index in [2.05, 4.69) is 10.3 Å². The molecule has 2 heterocycles. The van der Waals surface area contributed by atoms with E-state index in [4.69, 9.17) is 11.6 Å². The fourth-order valence-electron chi connectivity index (χ4n) is 2.96. The lowest BCUT2D eigenvalue weighted by atomic mass is 10.1. The second-order valence-electron chi connectivity index (χ2n) is 6.50. The van der Waals surface area contributed by atoms with Crippen LogP contribution in [-0.4, -0.2) is 45.9 Å². The van der Waals surface area contributed by atoms with E-state index in [0.29, 0.717) is 29.2 Å². The van der Waals surface area contributed by atoms with Crippen LogP contribution in [0.2, 0.25) is 5.15 Å². The molecule has 2 fully saturated rings. The van der Waals surface area contributed by atoms with E-state index in [1.807, 2.05) is 24.3 Å². The van der Waals surface area contributed by atoms with Crippen LogP contribution in [-0.2, 0) is 4.79 Å². The Morgan fingerprint density at radius 3 is 2.92 bits per heavy atom. The molecule has 0 spiro atoms. The number of hydrogen-bond acceptors (Lipinski definition) is 4. The molecule has 1 aliphatic carbocycles. The summed E-state index contributed by atoms with van der Waals surface area (Å²) in [5.74, 6) is 1.40. The van der Waals surface area contributed by atoms with Crippen molar-refractivity contribution in [3.8, 4) is 0 Å². The minimum Gasteiger partial charge on any atom is -0.354 e. The molecule has 130 valence electrons. The largest absolute Gasteiger partial charge is 0.354 e. The van der Waals surface area contributed by atoms with Crippen molar-refractivity contribution in [3.05, 3.63) is 41.2 Å². The lowest BCUT2D eigenvalue weighted by Crippen LogP contribution is -2.47. The van der Waals surface area contributed by atoms with Gasteiger partial charge in [-0.2, -0.15) is 0 Å². The molecular formula is C18H18ClN3O2S. The summed E-state index contributed by atoms with van der Waals surface area (Å²) in [6.07, 6.45) is 2.36. The molecule has 0 radical (unpaired) electrons. The van der Waals surface area contributed by atoms with E-state index in [1.54, 1.807) is 22.7 Å². The number of hydrogen-bond donors (Lipinski definition) is 1. The zero-order valence-electron chi connectivity index (χ0n) is 13.6. The van der Waals surface area contributed by atoms with Crippen LogP contribution in [0.4, 0.5) is 0 Å². The Bertz CT molecular complexity index is 840. The van der Waals surface area contributed by atoms with Gasteiger partial charge in [0, 0.05) is 17.7 Å². The average Bonchev–Trinajstić information content (AvgIpc) is 3.33. The first-order chi connectivity index (χ1) is 12.1. The molecule has 1 aromatic heterocycles. The highest BCUT2D eigenvalue weighted by Gasteiger charge is 2.36. The predicted molar refractivity (Wildman–Crippen MR) is 99.8 cm³/mol. The SMILES string of the molecule is O=C(NCC1CC1)[C@@H]1CSCN1C(=O)c1cc2ccccc2c(Cl)n1. The van der Waals surface area contributed by atoms with Crippen molar-refractivity contribution in [2.24, 2.45) is 5.92 Å². The van der Waals surface area contributed by atoms with Crippen LogP contribution in [0, 0.1) is 5.92 Å². The molecule has 5 nitrogen and oxygen atoms in total. The van der Waals surface area contributed by atoms with Crippen molar-refractivity contribution in [1.29, 1.82) is 0 Å². The van der Waals surface area contributed by atoms with Crippen LogP contribution < -0.4 is 5.32 Å². The maximum Gasteiger partial charge on any atom is 0.273 e. The summed E-state index contributed by atoms with van der Waals surface area (Å²) in [6.45, 7) is 0.710. The Morgan fingerprint density at radius 2 is 2.12 bits per heavy atom. The van der Waals surface area contributed by atoms with Crippen LogP contribution >= 0.6 is 23.4 Å². The molecule has 4 rings (SSSR count). The zero-order valence-corrected chi connectivity index (χ0v) is 15.1. The molecule has 1 saturated heterocycles. The van der Waals surface area contributed by atoms with E-state index in [0.717, 1.165) is 10.8 Å². The number of halogens is 1. The zero-order chi connectivity index (χ0) is 17.4. The average molecular weight is 376 g/mol. The number of nitrogens with one attached hydrogen (secondary N) is 1. The lowest BCUT2D eigenvalue weighted by molar-refractivity contribution is -0.124. The van der Waals surface area contributed by atoms with Crippen molar-refractivity contribution in [2.75, 3.05) is 18.2 Å². The van der Waals surface area contributed by atoms with Gasteiger partial charge in [0.25, 0.3) is 5.91 Å². The van der Waals surface area contributed by atoms with Crippen molar-refractivity contribution < 1.29 is 9.59 Å². The van der Waals surface area contributed by atoms with E-state index < -0.39 is 6.04 Å². The topological polar surface area (TPSA) is 62.3 Å². The van der Waals surface area contributed by atoms with E-state index in [1.165, 1.54) is 12.8 Å². The van der Waals surface area contributed by atoms with Crippen molar-refractivity contribution in [3.63, 3.8) is 0 Å². The molecule has 2 aromatic rings. The Balaban J connectivity index is 1.55. The summed E-state index contributed by atoms with van der Waals surface area (Å²) in [6, 6.07) is 8.85. The summed E-state index contributed by atoms with van der Waals surface area (Å²) >= 11 is 7.82. The molecule has 1 aromatic carbocycles. The van der Waals surface area contributed by atoms with E-state index in [-0.39, 0.29) is 17.5 Å². The third-order valence-electron chi connectivity index (χ3n) is 4.62. The first kappa shape index (κ1) is 16.7. The normalized spacial score (nSPS) is 20.0. The summed E-state index contributed by atoms with van der Waals surface area (Å²) in [4.78, 5) is 31.2. The summed E-state index contributed by atoms with van der Waals surface area (Å²) in [5, 5.41) is 4.96. The third kappa shape index (κ3) is 3.46. The minimum absolute atomic E-state index is 0.0721. The van der Waals surface area contributed by atoms with Crippen LogP contribution in [0.1, 0.15) is 23.3 Å². The second kappa shape index (κ2) is 6.84. The highest BCUT2D eigenvalue weighted by Crippen LogP contribution is 2.29. The quantitative estimate of drug-likeness (QED) is 0.834. The molecule has 1 saturated carbocycles. The van der Waals surface area contributed by atoms with Crippen LogP contribution in [0.5, 0.6) is 0 Å². The van der Waals surface area contributed by atoms with Crippen molar-refractivity contribution in [1.82, 2.24) is 15.2 Å². The number of fused-ring (bicyclic) bond motifs is 1. The molecule has 7 heteroatoms.